The summed E-state index contributed by atoms with van der Waals surface area (Å²) in [7, 11) is 0. The smallest absolute Gasteiger partial charge is 0.0348 e. The molecule has 1 aromatic carbocycles. The Morgan fingerprint density at radius 3 is 2.31 bits per heavy atom. The van der Waals surface area contributed by atoms with E-state index >= 15 is 0 Å². The molecular formula is C14H22BrN. The molecule has 0 aliphatic rings. The van der Waals surface area contributed by atoms with E-state index in [0.717, 1.165) is 0 Å². The second-order valence-corrected chi connectivity index (χ2v) is 5.40. The number of rotatable bonds is 5. The summed E-state index contributed by atoms with van der Waals surface area (Å²) >= 11 is 3.59. The fourth-order valence-corrected chi connectivity index (χ4v) is 2.13. The van der Waals surface area contributed by atoms with E-state index in [4.69, 9.17) is 0 Å². The van der Waals surface area contributed by atoms with E-state index in [-0.39, 0.29) is 0 Å². The van der Waals surface area contributed by atoms with Crippen LogP contribution in [-0.4, -0.2) is 6.04 Å². The molecule has 0 radical (unpaired) electrons. The number of nitrogens with one attached hydrogen (secondary N) is 1. The van der Waals surface area contributed by atoms with E-state index in [1.807, 2.05) is 0 Å². The minimum absolute atomic E-state index is 0.555. The highest BCUT2D eigenvalue weighted by atomic mass is 79.9. The summed E-state index contributed by atoms with van der Waals surface area (Å²) in [5.74, 6) is 0. The first-order valence-corrected chi connectivity index (χ1v) is 6.87. The van der Waals surface area contributed by atoms with Gasteiger partial charge in [0.15, 0.2) is 0 Å². The van der Waals surface area contributed by atoms with Crippen LogP contribution in [0.15, 0.2) is 16.6 Å². The standard InChI is InChI=1S/C14H22BrN/c1-5-6-7-12(4)16-13-8-10(2)14(15)11(3)9-13/h8-9,12,16H,5-7H2,1-4H3. The second kappa shape index (κ2) is 6.29. The summed E-state index contributed by atoms with van der Waals surface area (Å²) < 4.78 is 1.22. The first kappa shape index (κ1) is 13.6. The normalized spacial score (nSPS) is 12.6. The molecule has 1 unspecified atom stereocenters. The highest BCUT2D eigenvalue weighted by Crippen LogP contribution is 2.25. The van der Waals surface area contributed by atoms with Crippen LogP contribution in [0.25, 0.3) is 0 Å². The lowest BCUT2D eigenvalue weighted by Gasteiger charge is -2.16. The molecule has 0 aromatic heterocycles. The van der Waals surface area contributed by atoms with Gasteiger partial charge in [0, 0.05) is 16.2 Å². The summed E-state index contributed by atoms with van der Waals surface area (Å²) in [6.07, 6.45) is 3.80. The number of unbranched alkanes of at least 4 members (excludes halogenated alkanes) is 1. The SMILES string of the molecule is CCCCC(C)Nc1cc(C)c(Br)c(C)c1. The van der Waals surface area contributed by atoms with Crippen LogP contribution in [0, 0.1) is 13.8 Å². The van der Waals surface area contributed by atoms with Crippen LogP contribution in [0.1, 0.15) is 44.2 Å². The van der Waals surface area contributed by atoms with Gasteiger partial charge >= 0.3 is 0 Å². The predicted octanol–water partition coefficient (Wildman–Crippen LogP) is 5.06. The van der Waals surface area contributed by atoms with Crippen molar-refractivity contribution in [3.63, 3.8) is 0 Å². The molecule has 0 fully saturated rings. The van der Waals surface area contributed by atoms with Gasteiger partial charge in [0.05, 0.1) is 0 Å². The minimum Gasteiger partial charge on any atom is -0.383 e. The minimum atomic E-state index is 0.555. The number of anilines is 1. The Hall–Kier alpha value is -0.500. The molecule has 1 N–H and O–H groups in total. The lowest BCUT2D eigenvalue weighted by molar-refractivity contribution is 0.645. The Morgan fingerprint density at radius 2 is 1.81 bits per heavy atom. The molecule has 16 heavy (non-hydrogen) atoms. The number of benzene rings is 1. The highest BCUT2D eigenvalue weighted by Gasteiger charge is 2.05. The van der Waals surface area contributed by atoms with Gasteiger partial charge in [0.25, 0.3) is 0 Å². The maximum atomic E-state index is 3.59. The Labute approximate surface area is 108 Å². The van der Waals surface area contributed by atoms with Gasteiger partial charge < -0.3 is 5.32 Å². The Bertz CT molecular complexity index is 324. The fourth-order valence-electron chi connectivity index (χ4n) is 1.90. The van der Waals surface area contributed by atoms with E-state index in [1.165, 1.54) is 40.5 Å². The lowest BCUT2D eigenvalue weighted by atomic mass is 10.1. The zero-order valence-electron chi connectivity index (χ0n) is 10.7. The molecule has 0 heterocycles. The van der Waals surface area contributed by atoms with Gasteiger partial charge in [-0.1, -0.05) is 35.7 Å². The molecule has 90 valence electrons. The monoisotopic (exact) mass is 283 g/mol. The van der Waals surface area contributed by atoms with Gasteiger partial charge in [0.1, 0.15) is 0 Å². The molecule has 0 saturated heterocycles. The Morgan fingerprint density at radius 1 is 1.25 bits per heavy atom. The second-order valence-electron chi connectivity index (χ2n) is 4.61. The van der Waals surface area contributed by atoms with Crippen LogP contribution in [0.5, 0.6) is 0 Å². The van der Waals surface area contributed by atoms with Crippen LogP contribution in [-0.2, 0) is 0 Å². The van der Waals surface area contributed by atoms with Crippen molar-refractivity contribution < 1.29 is 0 Å². The van der Waals surface area contributed by atoms with Crippen LogP contribution >= 0.6 is 15.9 Å². The molecule has 0 spiro atoms. The van der Waals surface area contributed by atoms with Crippen LogP contribution < -0.4 is 5.32 Å². The molecule has 0 bridgehead atoms. The summed E-state index contributed by atoms with van der Waals surface area (Å²) in [6.45, 7) is 8.76. The van der Waals surface area contributed by atoms with E-state index < -0.39 is 0 Å². The molecular weight excluding hydrogens is 262 g/mol. The van der Waals surface area contributed by atoms with Crippen LogP contribution in [0.2, 0.25) is 0 Å². The van der Waals surface area contributed by atoms with E-state index in [0.29, 0.717) is 6.04 Å². The van der Waals surface area contributed by atoms with Gasteiger partial charge in [0.2, 0.25) is 0 Å². The molecule has 0 aliphatic heterocycles. The average molecular weight is 284 g/mol. The first-order chi connectivity index (χ1) is 7.54. The van der Waals surface area contributed by atoms with Crippen LogP contribution in [0.3, 0.4) is 0 Å². The van der Waals surface area contributed by atoms with Crippen molar-refractivity contribution in [2.75, 3.05) is 5.32 Å². The predicted molar refractivity (Wildman–Crippen MR) is 76.2 cm³/mol. The van der Waals surface area contributed by atoms with Crippen molar-refractivity contribution in [2.24, 2.45) is 0 Å². The van der Waals surface area contributed by atoms with Gasteiger partial charge in [-0.2, -0.15) is 0 Å². The quantitative estimate of drug-likeness (QED) is 0.797. The number of aryl methyl sites for hydroxylation is 2. The van der Waals surface area contributed by atoms with Crippen LogP contribution in [0.4, 0.5) is 5.69 Å². The first-order valence-electron chi connectivity index (χ1n) is 6.08. The molecule has 0 aliphatic carbocycles. The van der Waals surface area contributed by atoms with Gasteiger partial charge in [-0.05, 0) is 50.5 Å². The molecule has 1 rings (SSSR count). The van der Waals surface area contributed by atoms with E-state index in [1.54, 1.807) is 0 Å². The van der Waals surface area contributed by atoms with Crippen molar-refractivity contribution in [3.05, 3.63) is 27.7 Å². The Balaban J connectivity index is 2.67. The molecule has 1 aromatic rings. The fraction of sp³-hybridized carbons (Fsp3) is 0.571. The third-order valence-corrected chi connectivity index (χ3v) is 4.09. The highest BCUT2D eigenvalue weighted by molar-refractivity contribution is 9.10. The number of hydrogen-bond acceptors (Lipinski definition) is 1. The number of hydrogen-bond donors (Lipinski definition) is 1. The van der Waals surface area contributed by atoms with Gasteiger partial charge in [-0.15, -0.1) is 0 Å². The summed E-state index contributed by atoms with van der Waals surface area (Å²) in [6, 6.07) is 4.97. The third-order valence-electron chi connectivity index (χ3n) is 2.84. The summed E-state index contributed by atoms with van der Waals surface area (Å²) in [5, 5.41) is 3.56. The maximum absolute atomic E-state index is 3.59. The van der Waals surface area contributed by atoms with Crippen molar-refractivity contribution in [1.29, 1.82) is 0 Å². The molecule has 1 atom stereocenters. The van der Waals surface area contributed by atoms with Crippen molar-refractivity contribution in [3.8, 4) is 0 Å². The van der Waals surface area contributed by atoms with Gasteiger partial charge in [-0.25, -0.2) is 0 Å². The number of halogens is 1. The van der Waals surface area contributed by atoms with E-state index in [9.17, 15) is 0 Å². The maximum Gasteiger partial charge on any atom is 0.0348 e. The third kappa shape index (κ3) is 3.82. The molecule has 2 heteroatoms. The largest absolute Gasteiger partial charge is 0.383 e. The summed E-state index contributed by atoms with van der Waals surface area (Å²) in [4.78, 5) is 0. The van der Waals surface area contributed by atoms with E-state index in [2.05, 4.69) is 61.1 Å². The average Bonchev–Trinajstić information content (AvgIpc) is 2.23. The van der Waals surface area contributed by atoms with Crippen molar-refractivity contribution >= 4 is 21.6 Å². The summed E-state index contributed by atoms with van der Waals surface area (Å²) in [5.41, 5.74) is 3.83. The molecule has 0 amide bonds. The zero-order valence-corrected chi connectivity index (χ0v) is 12.3. The Kier molecular flexibility index (Phi) is 5.33. The van der Waals surface area contributed by atoms with Crippen molar-refractivity contribution in [1.82, 2.24) is 0 Å². The lowest BCUT2D eigenvalue weighted by Crippen LogP contribution is -2.14. The van der Waals surface area contributed by atoms with Crippen molar-refractivity contribution in [2.45, 2.75) is 53.0 Å². The van der Waals surface area contributed by atoms with Gasteiger partial charge in [-0.3, -0.25) is 0 Å². The topological polar surface area (TPSA) is 12.0 Å². The zero-order chi connectivity index (χ0) is 12.1. The molecule has 0 saturated carbocycles. The molecule has 1 nitrogen and oxygen atoms in total.